The Balaban J connectivity index is 2.41. The Morgan fingerprint density at radius 1 is 0.750 bits per heavy atom. The van der Waals surface area contributed by atoms with Crippen molar-refractivity contribution < 1.29 is 18.9 Å². The molecule has 0 heterocycles. The van der Waals surface area contributed by atoms with Crippen LogP contribution in [0.2, 0.25) is 0 Å². The summed E-state index contributed by atoms with van der Waals surface area (Å²) in [6.45, 7) is 3.53. The molecule has 0 aromatic heterocycles. The first-order valence-electron chi connectivity index (χ1n) is 7.82. The van der Waals surface area contributed by atoms with Gasteiger partial charge in [0.05, 0.1) is 49.4 Å². The van der Waals surface area contributed by atoms with Gasteiger partial charge in [-0.05, 0) is 12.1 Å². The van der Waals surface area contributed by atoms with Crippen molar-refractivity contribution in [2.75, 3.05) is 65.4 Å². The van der Waals surface area contributed by atoms with Gasteiger partial charge in [-0.3, -0.25) is 4.79 Å². The monoisotopic (exact) mass is 374 g/mol. The minimum absolute atomic E-state index is 0.0729. The van der Waals surface area contributed by atoms with Crippen molar-refractivity contribution in [2.24, 2.45) is 0 Å². The van der Waals surface area contributed by atoms with Crippen LogP contribution in [0.4, 0.5) is 0 Å². The molecular weight excluding hydrogens is 348 g/mol. The van der Waals surface area contributed by atoms with Crippen LogP contribution in [0.1, 0.15) is 0 Å². The highest BCUT2D eigenvalue weighted by Crippen LogP contribution is 2.18. The average molecular weight is 375 g/mol. The minimum Gasteiger partial charge on any atom is -0.382 e. The van der Waals surface area contributed by atoms with E-state index in [1.807, 2.05) is 24.3 Å². The molecular formula is C17H26O5S2. The lowest BCUT2D eigenvalue weighted by Gasteiger charge is -2.04. The third kappa shape index (κ3) is 9.66. The van der Waals surface area contributed by atoms with Crippen LogP contribution < -0.4 is 5.43 Å². The number of ether oxygens (including phenoxy) is 4. The Hall–Kier alpha value is -0.570. The van der Waals surface area contributed by atoms with Gasteiger partial charge in [-0.25, -0.2) is 0 Å². The Kier molecular flexibility index (Phi) is 13.2. The van der Waals surface area contributed by atoms with E-state index in [9.17, 15) is 4.79 Å². The highest BCUT2D eigenvalue weighted by Gasteiger charge is 2.05. The fourth-order valence-electron chi connectivity index (χ4n) is 1.70. The predicted octanol–water partition coefficient (Wildman–Crippen LogP) is 2.56. The summed E-state index contributed by atoms with van der Waals surface area (Å²) in [6, 6.07) is 7.52. The van der Waals surface area contributed by atoms with Crippen molar-refractivity contribution in [3.05, 3.63) is 34.5 Å². The van der Waals surface area contributed by atoms with E-state index in [4.69, 9.17) is 18.9 Å². The molecule has 0 bridgehead atoms. The Morgan fingerprint density at radius 2 is 1.21 bits per heavy atom. The highest BCUT2D eigenvalue weighted by atomic mass is 32.2. The molecule has 1 aromatic rings. The normalized spacial score (nSPS) is 10.9. The zero-order chi connectivity index (χ0) is 17.5. The van der Waals surface area contributed by atoms with Gasteiger partial charge < -0.3 is 18.9 Å². The molecule has 136 valence electrons. The first kappa shape index (κ1) is 21.5. The molecule has 0 aliphatic carbocycles. The van der Waals surface area contributed by atoms with E-state index in [0.717, 1.165) is 21.3 Å². The van der Waals surface area contributed by atoms with Crippen LogP contribution in [-0.2, 0) is 18.9 Å². The van der Waals surface area contributed by atoms with Gasteiger partial charge in [0, 0.05) is 25.7 Å². The van der Waals surface area contributed by atoms with E-state index in [2.05, 4.69) is 0 Å². The number of thioether (sulfide) groups is 2. The lowest BCUT2D eigenvalue weighted by molar-refractivity contribution is 0.0790. The molecule has 0 atom stereocenters. The smallest absolute Gasteiger partial charge is 0.205 e. The molecule has 1 aromatic carbocycles. The van der Waals surface area contributed by atoms with Gasteiger partial charge in [-0.15, -0.1) is 23.5 Å². The Morgan fingerprint density at radius 3 is 1.62 bits per heavy atom. The molecule has 0 aliphatic rings. The number of hydrogen-bond acceptors (Lipinski definition) is 7. The van der Waals surface area contributed by atoms with E-state index in [1.165, 1.54) is 23.5 Å². The van der Waals surface area contributed by atoms with Crippen LogP contribution >= 0.6 is 23.5 Å². The number of hydrogen-bond donors (Lipinski definition) is 0. The first-order chi connectivity index (χ1) is 11.8. The van der Waals surface area contributed by atoms with Crippen LogP contribution in [0, 0.1) is 0 Å². The van der Waals surface area contributed by atoms with E-state index in [-0.39, 0.29) is 5.43 Å². The standard InChI is InChI=1S/C17H26O5S2/c1-19-7-9-21-11-13-23-15-5-3-4-6-16(17(15)18)24-14-12-22-10-8-20-2/h3-6H,7-14H2,1-2H3. The van der Waals surface area contributed by atoms with Gasteiger partial charge in [0.15, 0.2) is 0 Å². The molecule has 0 fully saturated rings. The van der Waals surface area contributed by atoms with E-state index < -0.39 is 0 Å². The molecule has 0 aliphatic heterocycles. The van der Waals surface area contributed by atoms with Crippen molar-refractivity contribution in [2.45, 2.75) is 9.79 Å². The summed E-state index contributed by atoms with van der Waals surface area (Å²) in [4.78, 5) is 14.0. The summed E-state index contributed by atoms with van der Waals surface area (Å²) in [7, 11) is 3.29. The van der Waals surface area contributed by atoms with E-state index >= 15 is 0 Å². The second kappa shape index (κ2) is 14.7. The molecule has 0 radical (unpaired) electrons. The maximum atomic E-state index is 12.5. The van der Waals surface area contributed by atoms with Gasteiger partial charge in [0.1, 0.15) is 0 Å². The third-order valence-corrected chi connectivity index (χ3v) is 4.89. The number of rotatable bonds is 14. The van der Waals surface area contributed by atoms with Crippen molar-refractivity contribution in [3.63, 3.8) is 0 Å². The van der Waals surface area contributed by atoms with Crippen molar-refractivity contribution in [3.8, 4) is 0 Å². The summed E-state index contributed by atoms with van der Waals surface area (Å²) < 4.78 is 20.7. The van der Waals surface area contributed by atoms with Gasteiger partial charge >= 0.3 is 0 Å². The largest absolute Gasteiger partial charge is 0.382 e. The van der Waals surface area contributed by atoms with Crippen molar-refractivity contribution in [1.29, 1.82) is 0 Å². The van der Waals surface area contributed by atoms with Gasteiger partial charge in [-0.2, -0.15) is 0 Å². The van der Waals surface area contributed by atoms with Gasteiger partial charge in [0.25, 0.3) is 0 Å². The van der Waals surface area contributed by atoms with Crippen LogP contribution in [0.25, 0.3) is 0 Å². The van der Waals surface area contributed by atoms with Crippen molar-refractivity contribution >= 4 is 23.5 Å². The second-order valence-electron chi connectivity index (χ2n) is 4.68. The fourth-order valence-corrected chi connectivity index (χ4v) is 3.43. The molecule has 0 spiro atoms. The van der Waals surface area contributed by atoms with Gasteiger partial charge in [0.2, 0.25) is 5.43 Å². The summed E-state index contributed by atoms with van der Waals surface area (Å²) in [6.07, 6.45) is 0. The summed E-state index contributed by atoms with van der Waals surface area (Å²) in [5, 5.41) is 0. The molecule has 0 amide bonds. The predicted molar refractivity (Wildman–Crippen MR) is 99.6 cm³/mol. The number of methoxy groups -OCH3 is 2. The van der Waals surface area contributed by atoms with Crippen LogP contribution in [0.3, 0.4) is 0 Å². The zero-order valence-electron chi connectivity index (χ0n) is 14.3. The average Bonchev–Trinajstić information content (AvgIpc) is 2.76. The van der Waals surface area contributed by atoms with Crippen LogP contribution in [-0.4, -0.2) is 65.4 Å². The quantitative estimate of drug-likeness (QED) is 0.366. The summed E-state index contributed by atoms with van der Waals surface area (Å²) in [5.41, 5.74) is 0.0729. The lowest BCUT2D eigenvalue weighted by Crippen LogP contribution is -2.08. The Bertz CT molecular complexity index is 457. The third-order valence-electron chi connectivity index (χ3n) is 2.89. The molecule has 7 heteroatoms. The van der Waals surface area contributed by atoms with Crippen LogP contribution in [0.5, 0.6) is 0 Å². The maximum Gasteiger partial charge on any atom is 0.205 e. The van der Waals surface area contributed by atoms with Gasteiger partial charge in [-0.1, -0.05) is 12.1 Å². The van der Waals surface area contributed by atoms with Crippen molar-refractivity contribution in [1.82, 2.24) is 0 Å². The molecule has 0 N–H and O–H groups in total. The molecule has 0 saturated heterocycles. The van der Waals surface area contributed by atoms with Crippen LogP contribution in [0.15, 0.2) is 38.9 Å². The topological polar surface area (TPSA) is 54.0 Å². The molecule has 0 unspecified atom stereocenters. The fraction of sp³-hybridized carbons (Fsp3) is 0.588. The first-order valence-corrected chi connectivity index (χ1v) is 9.79. The highest BCUT2D eigenvalue weighted by molar-refractivity contribution is 8.00. The molecule has 24 heavy (non-hydrogen) atoms. The summed E-state index contributed by atoms with van der Waals surface area (Å²) >= 11 is 3.05. The minimum atomic E-state index is 0.0729. The second-order valence-corrected chi connectivity index (χ2v) is 6.96. The SMILES string of the molecule is COCCOCCSc1ccccc(SCCOCCOC)c1=O. The molecule has 5 nitrogen and oxygen atoms in total. The van der Waals surface area contributed by atoms with E-state index in [1.54, 1.807) is 14.2 Å². The molecule has 1 rings (SSSR count). The Labute approximate surface area is 152 Å². The lowest BCUT2D eigenvalue weighted by atomic mass is 10.5. The maximum absolute atomic E-state index is 12.5. The summed E-state index contributed by atoms with van der Waals surface area (Å²) in [5.74, 6) is 1.49. The van der Waals surface area contributed by atoms with E-state index in [0.29, 0.717) is 39.6 Å². The zero-order valence-corrected chi connectivity index (χ0v) is 16.0. The molecule has 0 saturated carbocycles.